The van der Waals surface area contributed by atoms with Crippen LogP contribution in [0.1, 0.15) is 34.9 Å². The van der Waals surface area contributed by atoms with Crippen LogP contribution in [0.25, 0.3) is 0 Å². The topological polar surface area (TPSA) is 75.1 Å². The second kappa shape index (κ2) is 5.91. The standard InChI is InChI=1S/C16H18N6O/c23-15(14-10-13(12-2-3-12)19-11-20-14)21-6-8-22(9-7-21)16-17-4-1-5-18-16/h1,4-5,10-12H,2-3,6-9H2. The third-order valence-electron chi connectivity index (χ3n) is 4.30. The van der Waals surface area contributed by atoms with E-state index in [0.29, 0.717) is 24.7 Å². The molecule has 2 fully saturated rings. The highest BCUT2D eigenvalue weighted by atomic mass is 16.2. The average Bonchev–Trinajstić information content (AvgIpc) is 3.47. The Labute approximate surface area is 134 Å². The number of hydrogen-bond acceptors (Lipinski definition) is 6. The molecule has 1 aliphatic heterocycles. The number of amides is 1. The number of hydrogen-bond donors (Lipinski definition) is 0. The number of nitrogens with zero attached hydrogens (tertiary/aromatic N) is 6. The molecule has 118 valence electrons. The molecule has 7 nitrogen and oxygen atoms in total. The first-order chi connectivity index (χ1) is 11.3. The zero-order valence-corrected chi connectivity index (χ0v) is 12.8. The lowest BCUT2D eigenvalue weighted by Gasteiger charge is -2.34. The molecule has 2 aromatic heterocycles. The summed E-state index contributed by atoms with van der Waals surface area (Å²) in [7, 11) is 0. The number of carbonyl (C=O) groups is 1. The SMILES string of the molecule is O=C(c1cc(C2CC2)ncn1)N1CCN(c2ncccn2)CC1. The van der Waals surface area contributed by atoms with Crippen LogP contribution < -0.4 is 4.90 Å². The van der Waals surface area contributed by atoms with Crippen molar-refractivity contribution in [1.82, 2.24) is 24.8 Å². The van der Waals surface area contributed by atoms with Gasteiger partial charge in [-0.1, -0.05) is 0 Å². The van der Waals surface area contributed by atoms with Crippen LogP contribution in [0.15, 0.2) is 30.9 Å². The van der Waals surface area contributed by atoms with Gasteiger partial charge in [0.15, 0.2) is 0 Å². The monoisotopic (exact) mass is 310 g/mol. The molecule has 0 radical (unpaired) electrons. The Hall–Kier alpha value is -2.57. The van der Waals surface area contributed by atoms with Gasteiger partial charge in [-0.25, -0.2) is 19.9 Å². The van der Waals surface area contributed by atoms with Crippen LogP contribution in [0.2, 0.25) is 0 Å². The Morgan fingerprint density at radius 2 is 1.74 bits per heavy atom. The van der Waals surface area contributed by atoms with E-state index in [-0.39, 0.29) is 5.91 Å². The number of aromatic nitrogens is 4. The largest absolute Gasteiger partial charge is 0.337 e. The summed E-state index contributed by atoms with van der Waals surface area (Å²) in [6, 6.07) is 3.66. The molecule has 2 aromatic rings. The summed E-state index contributed by atoms with van der Waals surface area (Å²) in [4.78, 5) is 33.5. The van der Waals surface area contributed by atoms with Crippen molar-refractivity contribution in [2.45, 2.75) is 18.8 Å². The van der Waals surface area contributed by atoms with Crippen molar-refractivity contribution in [1.29, 1.82) is 0 Å². The normalized spacial score (nSPS) is 18.1. The molecule has 0 aromatic carbocycles. The summed E-state index contributed by atoms with van der Waals surface area (Å²) < 4.78 is 0. The highest BCUT2D eigenvalue weighted by Gasteiger charge is 2.28. The van der Waals surface area contributed by atoms with Gasteiger partial charge < -0.3 is 9.80 Å². The fourth-order valence-corrected chi connectivity index (χ4v) is 2.82. The van der Waals surface area contributed by atoms with Gasteiger partial charge in [-0.15, -0.1) is 0 Å². The van der Waals surface area contributed by atoms with Crippen LogP contribution >= 0.6 is 0 Å². The Balaban J connectivity index is 1.42. The summed E-state index contributed by atoms with van der Waals surface area (Å²) in [5.74, 6) is 1.23. The average molecular weight is 310 g/mol. The third kappa shape index (κ3) is 2.99. The molecule has 0 bridgehead atoms. The van der Waals surface area contributed by atoms with Crippen LogP contribution in [0.4, 0.5) is 5.95 Å². The molecular weight excluding hydrogens is 292 g/mol. The Kier molecular flexibility index (Phi) is 3.61. The first-order valence-corrected chi connectivity index (χ1v) is 7.94. The van der Waals surface area contributed by atoms with E-state index in [1.807, 2.05) is 11.0 Å². The van der Waals surface area contributed by atoms with Gasteiger partial charge in [0.25, 0.3) is 5.91 Å². The van der Waals surface area contributed by atoms with Crippen LogP contribution in [0.5, 0.6) is 0 Å². The summed E-state index contributed by atoms with van der Waals surface area (Å²) in [6.45, 7) is 2.77. The van der Waals surface area contributed by atoms with Gasteiger partial charge in [-0.05, 0) is 25.0 Å². The molecule has 1 aliphatic carbocycles. The van der Waals surface area contributed by atoms with E-state index in [1.165, 1.54) is 19.2 Å². The van der Waals surface area contributed by atoms with E-state index in [1.54, 1.807) is 18.5 Å². The van der Waals surface area contributed by atoms with E-state index >= 15 is 0 Å². The maximum absolute atomic E-state index is 12.6. The molecule has 0 unspecified atom stereocenters. The lowest BCUT2D eigenvalue weighted by molar-refractivity contribution is 0.0740. The van der Waals surface area contributed by atoms with E-state index in [0.717, 1.165) is 24.7 Å². The molecule has 0 N–H and O–H groups in total. The van der Waals surface area contributed by atoms with E-state index < -0.39 is 0 Å². The fourth-order valence-electron chi connectivity index (χ4n) is 2.82. The van der Waals surface area contributed by atoms with Gasteiger partial charge in [0.05, 0.1) is 0 Å². The molecule has 23 heavy (non-hydrogen) atoms. The van der Waals surface area contributed by atoms with Gasteiger partial charge in [0.1, 0.15) is 12.0 Å². The molecule has 4 rings (SSSR count). The van der Waals surface area contributed by atoms with Crippen LogP contribution in [0.3, 0.4) is 0 Å². The molecule has 1 amide bonds. The predicted molar refractivity (Wildman–Crippen MR) is 84.2 cm³/mol. The molecule has 1 saturated heterocycles. The molecule has 3 heterocycles. The number of piperazine rings is 1. The molecule has 2 aliphatic rings. The van der Waals surface area contributed by atoms with Crippen LogP contribution in [-0.4, -0.2) is 56.9 Å². The fraction of sp³-hybridized carbons (Fsp3) is 0.438. The predicted octanol–water partition coefficient (Wildman–Crippen LogP) is 1.11. The van der Waals surface area contributed by atoms with Gasteiger partial charge >= 0.3 is 0 Å². The quantitative estimate of drug-likeness (QED) is 0.845. The molecular formula is C16H18N6O. The minimum absolute atomic E-state index is 0.0112. The van der Waals surface area contributed by atoms with Gasteiger partial charge in [-0.2, -0.15) is 0 Å². The van der Waals surface area contributed by atoms with Crippen molar-refractivity contribution in [2.75, 3.05) is 31.1 Å². The first kappa shape index (κ1) is 14.0. The maximum Gasteiger partial charge on any atom is 0.272 e. The smallest absolute Gasteiger partial charge is 0.272 e. The Morgan fingerprint density at radius 1 is 1.00 bits per heavy atom. The van der Waals surface area contributed by atoms with E-state index in [4.69, 9.17) is 0 Å². The number of rotatable bonds is 3. The summed E-state index contributed by atoms with van der Waals surface area (Å²) in [5, 5.41) is 0. The molecule has 0 spiro atoms. The second-order valence-electron chi connectivity index (χ2n) is 5.93. The summed E-state index contributed by atoms with van der Waals surface area (Å²) in [5.41, 5.74) is 1.51. The summed E-state index contributed by atoms with van der Waals surface area (Å²) in [6.07, 6.45) is 7.32. The number of anilines is 1. The highest BCUT2D eigenvalue weighted by Crippen LogP contribution is 2.38. The molecule has 1 saturated carbocycles. The minimum Gasteiger partial charge on any atom is -0.337 e. The zero-order valence-electron chi connectivity index (χ0n) is 12.8. The van der Waals surface area contributed by atoms with Crippen molar-refractivity contribution in [3.8, 4) is 0 Å². The lowest BCUT2D eigenvalue weighted by atomic mass is 10.2. The third-order valence-corrected chi connectivity index (χ3v) is 4.30. The van der Waals surface area contributed by atoms with Crippen molar-refractivity contribution < 1.29 is 4.79 Å². The maximum atomic E-state index is 12.6. The van der Waals surface area contributed by atoms with Gasteiger partial charge in [0, 0.05) is 50.2 Å². The molecule has 7 heteroatoms. The minimum atomic E-state index is -0.0112. The Bertz CT molecular complexity index is 695. The van der Waals surface area contributed by atoms with Crippen molar-refractivity contribution in [3.63, 3.8) is 0 Å². The Morgan fingerprint density at radius 3 is 2.43 bits per heavy atom. The van der Waals surface area contributed by atoms with E-state index in [9.17, 15) is 4.79 Å². The lowest BCUT2D eigenvalue weighted by Crippen LogP contribution is -2.49. The van der Waals surface area contributed by atoms with Crippen molar-refractivity contribution in [2.24, 2.45) is 0 Å². The highest BCUT2D eigenvalue weighted by molar-refractivity contribution is 5.92. The van der Waals surface area contributed by atoms with Gasteiger partial charge in [-0.3, -0.25) is 4.79 Å². The van der Waals surface area contributed by atoms with Crippen molar-refractivity contribution >= 4 is 11.9 Å². The second-order valence-corrected chi connectivity index (χ2v) is 5.93. The first-order valence-electron chi connectivity index (χ1n) is 7.94. The molecule has 0 atom stereocenters. The van der Waals surface area contributed by atoms with Crippen LogP contribution in [0, 0.1) is 0 Å². The zero-order chi connectivity index (χ0) is 15.6. The van der Waals surface area contributed by atoms with Crippen LogP contribution in [-0.2, 0) is 0 Å². The van der Waals surface area contributed by atoms with E-state index in [2.05, 4.69) is 24.8 Å². The summed E-state index contributed by atoms with van der Waals surface area (Å²) >= 11 is 0. The number of carbonyl (C=O) groups excluding carboxylic acids is 1. The van der Waals surface area contributed by atoms with Crippen molar-refractivity contribution in [3.05, 3.63) is 42.2 Å². The van der Waals surface area contributed by atoms with Gasteiger partial charge in [0.2, 0.25) is 5.95 Å².